The van der Waals surface area contributed by atoms with Gasteiger partial charge in [0, 0.05) is 10.9 Å². The molecule has 0 spiro atoms. The van der Waals surface area contributed by atoms with E-state index in [9.17, 15) is 4.79 Å². The van der Waals surface area contributed by atoms with Gasteiger partial charge in [-0.15, -0.1) is 21.5 Å². The van der Waals surface area contributed by atoms with Gasteiger partial charge in [-0.2, -0.15) is 0 Å². The Bertz CT molecular complexity index is 508. The number of carboxylic acid groups (broad SMARTS) is 1. The van der Waals surface area contributed by atoms with Gasteiger partial charge in [-0.1, -0.05) is 0 Å². The minimum Gasteiger partial charge on any atom is -0.481 e. The number of nitrogens with zero attached hydrogens (tertiary/aromatic N) is 2. The van der Waals surface area contributed by atoms with Gasteiger partial charge >= 0.3 is 5.97 Å². The number of hydrogen-bond acceptors (Lipinski definition) is 5. The fourth-order valence-corrected chi connectivity index (χ4v) is 2.57. The predicted octanol–water partition coefficient (Wildman–Crippen LogP) is 2.58. The van der Waals surface area contributed by atoms with Gasteiger partial charge < -0.3 is 9.52 Å². The number of aromatic nitrogens is 2. The molecule has 0 aliphatic rings. The molecule has 1 N–H and O–H groups in total. The van der Waals surface area contributed by atoms with Crippen LogP contribution < -0.4 is 0 Å². The molecule has 7 heteroatoms. The summed E-state index contributed by atoms with van der Waals surface area (Å²) in [6.45, 7) is 0. The summed E-state index contributed by atoms with van der Waals surface area (Å²) in [5, 5.41) is 18.1. The molecule has 16 heavy (non-hydrogen) atoms. The molecule has 0 bridgehead atoms. The van der Waals surface area contributed by atoms with Crippen molar-refractivity contribution in [3.8, 4) is 10.8 Å². The number of carboxylic acids is 1. The number of rotatable bonds is 4. The van der Waals surface area contributed by atoms with E-state index in [0.717, 1.165) is 9.35 Å². The Morgan fingerprint density at radius 1 is 1.56 bits per heavy atom. The monoisotopic (exact) mass is 302 g/mol. The molecule has 2 heterocycles. The minimum atomic E-state index is -0.878. The van der Waals surface area contributed by atoms with E-state index in [1.807, 2.05) is 11.4 Å². The van der Waals surface area contributed by atoms with Crippen molar-refractivity contribution in [1.29, 1.82) is 0 Å². The van der Waals surface area contributed by atoms with Crippen LogP contribution in [0, 0.1) is 0 Å². The Labute approximate surface area is 103 Å². The third-order valence-corrected chi connectivity index (χ3v) is 3.66. The summed E-state index contributed by atoms with van der Waals surface area (Å²) < 4.78 is 6.25. The Hall–Kier alpha value is -1.21. The van der Waals surface area contributed by atoms with Crippen LogP contribution in [0.2, 0.25) is 0 Å². The van der Waals surface area contributed by atoms with E-state index in [-0.39, 0.29) is 12.8 Å². The quantitative estimate of drug-likeness (QED) is 0.939. The van der Waals surface area contributed by atoms with E-state index >= 15 is 0 Å². The van der Waals surface area contributed by atoms with Crippen LogP contribution in [0.25, 0.3) is 10.8 Å². The Morgan fingerprint density at radius 2 is 2.38 bits per heavy atom. The number of aliphatic carboxylic acids is 1. The highest BCUT2D eigenvalue weighted by atomic mass is 79.9. The first-order valence-corrected chi connectivity index (χ1v) is 6.11. The predicted molar refractivity (Wildman–Crippen MR) is 61.3 cm³/mol. The second-order valence-corrected chi connectivity index (χ2v) is 4.76. The Kier molecular flexibility index (Phi) is 3.35. The molecule has 0 fully saturated rings. The van der Waals surface area contributed by atoms with Crippen molar-refractivity contribution >= 4 is 33.2 Å². The lowest BCUT2D eigenvalue weighted by Gasteiger charge is -1.90. The van der Waals surface area contributed by atoms with Crippen LogP contribution >= 0.6 is 27.3 Å². The summed E-state index contributed by atoms with van der Waals surface area (Å²) in [6, 6.07) is 1.89. The maximum atomic E-state index is 10.4. The topological polar surface area (TPSA) is 76.2 Å². The molecule has 84 valence electrons. The Balaban J connectivity index is 2.14. The Morgan fingerprint density at radius 3 is 3.00 bits per heavy atom. The molecule has 0 aromatic carbocycles. The SMILES string of the molecule is O=C(O)CCc1nnc(-c2sccc2Br)o1. The van der Waals surface area contributed by atoms with E-state index < -0.39 is 5.97 Å². The van der Waals surface area contributed by atoms with Crippen LogP contribution in [0.1, 0.15) is 12.3 Å². The maximum Gasteiger partial charge on any atom is 0.303 e. The van der Waals surface area contributed by atoms with Gasteiger partial charge in [0.2, 0.25) is 5.89 Å². The van der Waals surface area contributed by atoms with Crippen LogP contribution in [0.4, 0.5) is 0 Å². The lowest BCUT2D eigenvalue weighted by Crippen LogP contribution is -1.97. The first-order chi connectivity index (χ1) is 7.66. The van der Waals surface area contributed by atoms with Crippen LogP contribution in [-0.2, 0) is 11.2 Å². The zero-order valence-corrected chi connectivity index (χ0v) is 10.4. The molecule has 0 saturated carbocycles. The molecule has 0 aliphatic heterocycles. The average Bonchev–Trinajstić information content (AvgIpc) is 2.83. The third-order valence-electron chi connectivity index (χ3n) is 1.83. The molecule has 0 unspecified atom stereocenters. The first kappa shape index (κ1) is 11.3. The summed E-state index contributed by atoms with van der Waals surface area (Å²) >= 11 is 4.84. The second-order valence-electron chi connectivity index (χ2n) is 2.99. The standard InChI is InChI=1S/C9H7BrN2O3S/c10-5-3-4-16-8(5)9-12-11-6(15-9)1-2-7(13)14/h3-4H,1-2H2,(H,13,14). The molecule has 5 nitrogen and oxygen atoms in total. The van der Waals surface area contributed by atoms with Gasteiger partial charge in [-0.05, 0) is 27.4 Å². The van der Waals surface area contributed by atoms with E-state index in [1.165, 1.54) is 11.3 Å². The smallest absolute Gasteiger partial charge is 0.303 e. The summed E-state index contributed by atoms with van der Waals surface area (Å²) in [5.41, 5.74) is 0. The molecule has 0 atom stereocenters. The molecule has 2 rings (SSSR count). The van der Waals surface area contributed by atoms with Gasteiger partial charge in [-0.25, -0.2) is 0 Å². The van der Waals surface area contributed by atoms with Crippen LogP contribution in [0.5, 0.6) is 0 Å². The maximum absolute atomic E-state index is 10.4. The van der Waals surface area contributed by atoms with Crippen molar-refractivity contribution < 1.29 is 14.3 Å². The fourth-order valence-electron chi connectivity index (χ4n) is 1.11. The molecule has 0 saturated heterocycles. The van der Waals surface area contributed by atoms with Crippen molar-refractivity contribution in [2.75, 3.05) is 0 Å². The number of hydrogen-bond donors (Lipinski definition) is 1. The molecular formula is C9H7BrN2O3S. The van der Waals surface area contributed by atoms with E-state index in [1.54, 1.807) is 0 Å². The van der Waals surface area contributed by atoms with Gasteiger partial charge in [-0.3, -0.25) is 4.79 Å². The molecule has 2 aromatic heterocycles. The van der Waals surface area contributed by atoms with Crippen molar-refractivity contribution in [2.24, 2.45) is 0 Å². The molecule has 0 aliphatic carbocycles. The molecule has 2 aromatic rings. The van der Waals surface area contributed by atoms with Gasteiger partial charge in [0.25, 0.3) is 5.89 Å². The van der Waals surface area contributed by atoms with Crippen molar-refractivity contribution in [3.63, 3.8) is 0 Å². The number of aryl methyl sites for hydroxylation is 1. The first-order valence-electron chi connectivity index (χ1n) is 4.44. The second kappa shape index (κ2) is 4.75. The lowest BCUT2D eigenvalue weighted by atomic mass is 10.3. The fraction of sp³-hybridized carbons (Fsp3) is 0.222. The van der Waals surface area contributed by atoms with Crippen LogP contribution in [0.15, 0.2) is 20.3 Å². The number of carbonyl (C=O) groups is 1. The summed E-state index contributed by atoms with van der Waals surface area (Å²) in [6.07, 6.45) is 0.249. The summed E-state index contributed by atoms with van der Waals surface area (Å²) in [5.74, 6) is -0.114. The van der Waals surface area contributed by atoms with Crippen molar-refractivity contribution in [3.05, 3.63) is 21.8 Å². The summed E-state index contributed by atoms with van der Waals surface area (Å²) in [4.78, 5) is 11.2. The molecule has 0 amide bonds. The summed E-state index contributed by atoms with van der Waals surface area (Å²) in [7, 11) is 0. The zero-order valence-electron chi connectivity index (χ0n) is 8.01. The third kappa shape index (κ3) is 2.48. The van der Waals surface area contributed by atoms with Crippen LogP contribution in [0.3, 0.4) is 0 Å². The highest BCUT2D eigenvalue weighted by Gasteiger charge is 2.13. The van der Waals surface area contributed by atoms with Crippen LogP contribution in [-0.4, -0.2) is 21.3 Å². The zero-order chi connectivity index (χ0) is 11.5. The molecule has 0 radical (unpaired) electrons. The number of halogens is 1. The van der Waals surface area contributed by atoms with Gasteiger partial charge in [0.15, 0.2) is 0 Å². The van der Waals surface area contributed by atoms with Gasteiger partial charge in [0.1, 0.15) is 4.88 Å². The van der Waals surface area contributed by atoms with E-state index in [4.69, 9.17) is 9.52 Å². The van der Waals surface area contributed by atoms with Crippen molar-refractivity contribution in [1.82, 2.24) is 10.2 Å². The largest absolute Gasteiger partial charge is 0.481 e. The van der Waals surface area contributed by atoms with E-state index in [2.05, 4.69) is 26.1 Å². The van der Waals surface area contributed by atoms with E-state index in [0.29, 0.717) is 11.8 Å². The van der Waals surface area contributed by atoms with Gasteiger partial charge in [0.05, 0.1) is 6.42 Å². The molecular weight excluding hydrogens is 296 g/mol. The normalized spacial score (nSPS) is 10.6. The lowest BCUT2D eigenvalue weighted by molar-refractivity contribution is -0.137. The highest BCUT2D eigenvalue weighted by molar-refractivity contribution is 9.10. The van der Waals surface area contributed by atoms with Crippen molar-refractivity contribution in [2.45, 2.75) is 12.8 Å². The number of thiophene rings is 1. The highest BCUT2D eigenvalue weighted by Crippen LogP contribution is 2.32. The minimum absolute atomic E-state index is 0.00670. The average molecular weight is 303 g/mol.